The van der Waals surface area contributed by atoms with E-state index in [1.807, 2.05) is 0 Å². The highest BCUT2D eigenvalue weighted by Crippen LogP contribution is 2.43. The van der Waals surface area contributed by atoms with Gasteiger partial charge in [0.2, 0.25) is 0 Å². The van der Waals surface area contributed by atoms with E-state index >= 15 is 0 Å². The monoisotopic (exact) mass is 852 g/mol. The van der Waals surface area contributed by atoms with Gasteiger partial charge in [0.25, 0.3) is 0 Å². The average molecular weight is 852 g/mol. The highest BCUT2D eigenvalue weighted by Gasteiger charge is 2.25. The Morgan fingerprint density at radius 1 is 0.500 bits per heavy atom. The van der Waals surface area contributed by atoms with Crippen molar-refractivity contribution in [2.75, 3.05) is 33.0 Å². The molecule has 0 spiro atoms. The van der Waals surface area contributed by atoms with Gasteiger partial charge in [-0.2, -0.15) is 0 Å². The highest BCUT2D eigenvalue weighted by molar-refractivity contribution is 7.47. The van der Waals surface area contributed by atoms with Gasteiger partial charge in [0, 0.05) is 19.6 Å². The number of esters is 1. The van der Waals surface area contributed by atoms with Crippen LogP contribution in [0.25, 0.3) is 0 Å². The minimum absolute atomic E-state index is 0.0655. The second-order valence-corrected chi connectivity index (χ2v) is 15.6. The van der Waals surface area contributed by atoms with Crippen LogP contribution in [0.4, 0.5) is 0 Å². The molecule has 0 aliphatic heterocycles. The molecule has 338 valence electrons. The van der Waals surface area contributed by atoms with E-state index in [9.17, 15) is 14.3 Å². The summed E-state index contributed by atoms with van der Waals surface area (Å²) in [5.74, 6) is -0.376. The van der Waals surface area contributed by atoms with Crippen LogP contribution in [-0.4, -0.2) is 49.9 Å². The van der Waals surface area contributed by atoms with E-state index in [1.54, 1.807) is 0 Å². The van der Waals surface area contributed by atoms with Crippen LogP contribution in [-0.2, 0) is 27.9 Å². The molecule has 0 fully saturated rings. The van der Waals surface area contributed by atoms with Crippen LogP contribution in [0.3, 0.4) is 0 Å². The van der Waals surface area contributed by atoms with Gasteiger partial charge in [0.1, 0.15) is 6.10 Å². The number of phosphoric ester groups is 1. The van der Waals surface area contributed by atoms with E-state index < -0.39 is 13.9 Å². The maximum atomic E-state index is 12.6. The molecule has 0 aromatic heterocycles. The molecule has 0 amide bonds. The Labute approximate surface area is 366 Å². The lowest BCUT2D eigenvalue weighted by Gasteiger charge is -2.20. The van der Waals surface area contributed by atoms with Crippen molar-refractivity contribution in [3.05, 3.63) is 134 Å². The molecule has 9 heteroatoms. The highest BCUT2D eigenvalue weighted by atomic mass is 31.2. The fraction of sp³-hybridized carbons (Fsp3) is 0.549. The molecule has 0 saturated heterocycles. The number of rotatable bonds is 41. The second-order valence-electron chi connectivity index (χ2n) is 14.1. The molecule has 0 aromatic rings. The van der Waals surface area contributed by atoms with E-state index in [0.717, 1.165) is 116 Å². The first-order valence-electron chi connectivity index (χ1n) is 22.7. The Morgan fingerprint density at radius 3 is 1.30 bits per heavy atom. The zero-order chi connectivity index (χ0) is 43.7. The van der Waals surface area contributed by atoms with Gasteiger partial charge in [-0.25, -0.2) is 4.57 Å². The van der Waals surface area contributed by atoms with E-state index in [2.05, 4.69) is 148 Å². The second kappa shape index (κ2) is 46.7. The van der Waals surface area contributed by atoms with Crippen molar-refractivity contribution in [3.8, 4) is 0 Å². The van der Waals surface area contributed by atoms with Crippen molar-refractivity contribution in [1.82, 2.24) is 0 Å². The number of phosphoric acid groups is 1. The number of carbonyl (C=O) groups excluding carboxylic acids is 1. The Morgan fingerprint density at radius 2 is 0.883 bits per heavy atom. The van der Waals surface area contributed by atoms with Gasteiger partial charge in [-0.05, 0) is 109 Å². The Bertz CT molecular complexity index is 1370. The maximum absolute atomic E-state index is 12.6. The van der Waals surface area contributed by atoms with Crippen molar-refractivity contribution < 1.29 is 32.8 Å². The summed E-state index contributed by atoms with van der Waals surface area (Å²) < 4.78 is 33.4. The number of hydrogen-bond donors (Lipinski definition) is 2. The Balaban J connectivity index is 4.19. The van der Waals surface area contributed by atoms with Crippen LogP contribution in [0.2, 0.25) is 0 Å². The van der Waals surface area contributed by atoms with Crippen molar-refractivity contribution in [2.24, 2.45) is 5.73 Å². The number of allylic oxidation sites excluding steroid dienone is 22. The first-order valence-corrected chi connectivity index (χ1v) is 24.2. The summed E-state index contributed by atoms with van der Waals surface area (Å²) in [5, 5.41) is 0. The maximum Gasteiger partial charge on any atom is 0.472 e. The van der Waals surface area contributed by atoms with Crippen molar-refractivity contribution in [2.45, 2.75) is 148 Å². The molecular weight excluding hydrogens is 770 g/mol. The lowest BCUT2D eigenvalue weighted by atomic mass is 10.1. The third kappa shape index (κ3) is 45.7. The molecule has 0 aliphatic rings. The molecule has 3 N–H and O–H groups in total. The fourth-order valence-electron chi connectivity index (χ4n) is 5.32. The van der Waals surface area contributed by atoms with Crippen LogP contribution < -0.4 is 5.73 Å². The van der Waals surface area contributed by atoms with Crippen molar-refractivity contribution >= 4 is 13.8 Å². The molecule has 0 radical (unpaired) electrons. The van der Waals surface area contributed by atoms with Crippen LogP contribution in [0, 0.1) is 0 Å². The van der Waals surface area contributed by atoms with Gasteiger partial charge in [-0.1, -0.05) is 160 Å². The number of hydrogen-bond acceptors (Lipinski definition) is 7. The van der Waals surface area contributed by atoms with Gasteiger partial charge in [0.05, 0.1) is 19.8 Å². The summed E-state index contributed by atoms with van der Waals surface area (Å²) in [6.45, 7) is 4.49. The topological polar surface area (TPSA) is 117 Å². The Hall–Kier alpha value is -3.36. The van der Waals surface area contributed by atoms with Crippen molar-refractivity contribution in [3.63, 3.8) is 0 Å². The minimum Gasteiger partial charge on any atom is -0.457 e. The van der Waals surface area contributed by atoms with E-state index in [-0.39, 0.29) is 38.8 Å². The molecule has 2 unspecified atom stereocenters. The third-order valence-electron chi connectivity index (χ3n) is 8.56. The number of unbranched alkanes of at least 4 members (excludes halogenated alkanes) is 6. The summed E-state index contributed by atoms with van der Waals surface area (Å²) in [5.41, 5.74) is 5.37. The van der Waals surface area contributed by atoms with Crippen LogP contribution in [0.15, 0.2) is 134 Å². The Kier molecular flexibility index (Phi) is 44.1. The van der Waals surface area contributed by atoms with E-state index in [4.69, 9.17) is 24.3 Å². The quantitative estimate of drug-likeness (QED) is 0.0270. The van der Waals surface area contributed by atoms with Gasteiger partial charge in [-0.15, -0.1) is 0 Å². The van der Waals surface area contributed by atoms with Crippen molar-refractivity contribution in [1.29, 1.82) is 0 Å². The summed E-state index contributed by atoms with van der Waals surface area (Å²) in [6, 6.07) is 0. The molecule has 0 saturated carbocycles. The van der Waals surface area contributed by atoms with E-state index in [1.165, 1.54) is 0 Å². The fourth-order valence-corrected chi connectivity index (χ4v) is 6.08. The lowest BCUT2D eigenvalue weighted by molar-refractivity contribution is -0.154. The predicted octanol–water partition coefficient (Wildman–Crippen LogP) is 14.0. The summed E-state index contributed by atoms with van der Waals surface area (Å²) in [4.78, 5) is 22.5. The largest absolute Gasteiger partial charge is 0.472 e. The van der Waals surface area contributed by atoms with E-state index in [0.29, 0.717) is 13.0 Å². The first-order chi connectivity index (χ1) is 29.4. The van der Waals surface area contributed by atoms with Crippen LogP contribution in [0.5, 0.6) is 0 Å². The van der Waals surface area contributed by atoms with Crippen LogP contribution >= 0.6 is 7.82 Å². The molecule has 2 atom stereocenters. The molecule has 60 heavy (non-hydrogen) atoms. The molecular formula is C51H82NO7P. The smallest absolute Gasteiger partial charge is 0.457 e. The molecule has 0 heterocycles. The lowest BCUT2D eigenvalue weighted by Crippen LogP contribution is -2.28. The predicted molar refractivity (Wildman–Crippen MR) is 256 cm³/mol. The molecule has 0 bridgehead atoms. The zero-order valence-corrected chi connectivity index (χ0v) is 38.3. The molecule has 0 rings (SSSR count). The summed E-state index contributed by atoms with van der Waals surface area (Å²) >= 11 is 0. The standard InChI is InChI=1S/C51H82NO7P/c1-3-5-7-9-11-13-15-17-19-21-22-23-24-25-26-27-29-31-33-35-37-39-41-43-46-56-48-50(49-58-60(54,55)57-47-45-52)59-51(53)44-42-40-38-36-34-32-30-28-20-18-16-14-12-10-8-6-4-2/h5-8,11-14,17-20,22-23,25-26,29-32,35,37,50H,3-4,9-10,15-16,21,24,27-28,33-34,36,38-49,52H2,1-2H3,(H,54,55)/b7-5-,8-6-,13-11-,14-12-,19-17-,20-18-,23-22-,26-25-,31-29-,32-30-,37-35-. The average Bonchev–Trinajstić information content (AvgIpc) is 3.24. The molecule has 0 aliphatic carbocycles. The summed E-state index contributed by atoms with van der Waals surface area (Å²) in [7, 11) is -4.31. The minimum atomic E-state index is -4.31. The molecule has 0 aromatic carbocycles. The van der Waals surface area contributed by atoms with Gasteiger partial charge >= 0.3 is 13.8 Å². The number of ether oxygens (including phenoxy) is 2. The van der Waals surface area contributed by atoms with Gasteiger partial charge in [0.15, 0.2) is 0 Å². The SMILES string of the molecule is CC/C=C\C/C=C\C/C=C\C/C=C\C/C=C\C/C=C\C/C=C\CCCCOCC(COP(=O)(O)OCCN)OC(=O)CCCCCC/C=C\C/C=C\C/C=C\C/C=C\CC. The zero-order valence-electron chi connectivity index (χ0n) is 37.4. The van der Waals surface area contributed by atoms with Crippen LogP contribution in [0.1, 0.15) is 142 Å². The normalized spacial score (nSPS) is 14.7. The molecule has 8 nitrogen and oxygen atoms in total. The van der Waals surface area contributed by atoms with Gasteiger partial charge < -0.3 is 20.1 Å². The van der Waals surface area contributed by atoms with Gasteiger partial charge in [-0.3, -0.25) is 13.8 Å². The first kappa shape index (κ1) is 56.6. The number of carbonyl (C=O) groups is 1. The summed E-state index contributed by atoms with van der Waals surface area (Å²) in [6.07, 6.45) is 66.2. The third-order valence-corrected chi connectivity index (χ3v) is 9.55. The number of nitrogens with two attached hydrogens (primary N) is 1.